The van der Waals surface area contributed by atoms with Crippen molar-refractivity contribution < 1.29 is 28.2 Å². The molecule has 0 bridgehead atoms. The topological polar surface area (TPSA) is 137 Å². The predicted molar refractivity (Wildman–Crippen MR) is 153 cm³/mol. The van der Waals surface area contributed by atoms with Gasteiger partial charge >= 0.3 is 0 Å². The highest BCUT2D eigenvalue weighted by Gasteiger charge is 2.34. The van der Waals surface area contributed by atoms with E-state index in [1.807, 2.05) is 11.9 Å². The minimum absolute atomic E-state index is 0.179. The molecule has 11 nitrogen and oxygen atoms in total. The normalized spacial score (nSPS) is 23.2. The summed E-state index contributed by atoms with van der Waals surface area (Å²) in [6, 6.07) is 13.9. The number of anilines is 2. The fourth-order valence-corrected chi connectivity index (χ4v) is 5.09. The second-order valence-electron chi connectivity index (χ2n) is 10.7. The molecule has 2 aromatic carbocycles. The van der Waals surface area contributed by atoms with E-state index in [9.17, 15) is 23.9 Å². The molecule has 0 radical (unpaired) electrons. The van der Waals surface area contributed by atoms with Crippen molar-refractivity contribution in [2.75, 3.05) is 38.5 Å². The molecule has 3 heterocycles. The highest BCUT2D eigenvalue weighted by Crippen LogP contribution is 2.29. The number of benzene rings is 2. The molecule has 13 heteroatoms. The number of alkyl halides is 2. The zero-order valence-corrected chi connectivity index (χ0v) is 23.9. The predicted octanol–water partition coefficient (Wildman–Crippen LogP) is 3.27. The third kappa shape index (κ3) is 7.33. The highest BCUT2D eigenvalue weighted by atomic mass is 19.1. The van der Waals surface area contributed by atoms with Crippen LogP contribution in [-0.4, -0.2) is 99.6 Å². The van der Waals surface area contributed by atoms with Gasteiger partial charge in [-0.2, -0.15) is 10.2 Å². The van der Waals surface area contributed by atoms with Crippen LogP contribution in [-0.2, 0) is 4.79 Å². The lowest BCUT2D eigenvalue weighted by atomic mass is 10.0. The number of ether oxygens (including phenoxy) is 2. The van der Waals surface area contributed by atoms with E-state index in [1.54, 1.807) is 42.5 Å². The number of hydrogen-bond acceptors (Lipinski definition) is 10. The molecule has 2 saturated heterocycles. The SMILES string of the molecule is C[C@H](O)C(=O)N1CC[C@H](Oc2ccc(-c3ncnc(Nc4ccc(O[C@H]5CCN(C)C[C@@H]5F)cc4)n3)cc2C#N)[C@@H](F)C1. The van der Waals surface area contributed by atoms with Gasteiger partial charge in [-0.25, -0.2) is 18.7 Å². The van der Waals surface area contributed by atoms with Gasteiger partial charge in [-0.05, 0) is 62.9 Å². The number of nitrogens with zero attached hydrogens (tertiary/aromatic N) is 6. The van der Waals surface area contributed by atoms with Crippen molar-refractivity contribution in [2.45, 2.75) is 50.4 Å². The van der Waals surface area contributed by atoms with E-state index < -0.39 is 36.6 Å². The Labute approximate surface area is 248 Å². The first-order chi connectivity index (χ1) is 20.7. The number of piperidine rings is 2. The number of likely N-dealkylation sites (tertiary alicyclic amines) is 2. The third-order valence-corrected chi connectivity index (χ3v) is 7.44. The second kappa shape index (κ2) is 13.3. The number of hydrogen-bond donors (Lipinski definition) is 2. The third-order valence-electron chi connectivity index (χ3n) is 7.44. The second-order valence-corrected chi connectivity index (χ2v) is 10.7. The van der Waals surface area contributed by atoms with Gasteiger partial charge in [-0.15, -0.1) is 0 Å². The standard InChI is InChI=1S/C30H33F2N7O4/c1-18(40)29(41)39-12-10-27(24(32)16-39)43-25-8-3-19(13-20(25)14-33)28-34-17-35-30(37-28)36-21-4-6-22(7-5-21)42-26-9-11-38(2)15-23(26)31/h3-8,13,17-18,23-24,26-27,40H,9-12,15-16H2,1-2H3,(H,34,35,36,37)/t18-,23-,24-,26-,27-/m0/s1. The number of carbonyl (C=O) groups is 1. The summed E-state index contributed by atoms with van der Waals surface area (Å²) in [7, 11) is 1.89. The van der Waals surface area contributed by atoms with Crippen LogP contribution in [0.3, 0.4) is 0 Å². The summed E-state index contributed by atoms with van der Waals surface area (Å²) in [5.41, 5.74) is 1.40. The van der Waals surface area contributed by atoms with Crippen molar-refractivity contribution in [3.63, 3.8) is 0 Å². The van der Waals surface area contributed by atoms with E-state index in [0.29, 0.717) is 35.8 Å². The van der Waals surface area contributed by atoms with Crippen LogP contribution in [0.4, 0.5) is 20.4 Å². The monoisotopic (exact) mass is 593 g/mol. The number of nitrogens with one attached hydrogen (secondary N) is 1. The zero-order valence-electron chi connectivity index (χ0n) is 23.9. The van der Waals surface area contributed by atoms with E-state index in [2.05, 4.69) is 26.3 Å². The molecule has 43 heavy (non-hydrogen) atoms. The average Bonchev–Trinajstić information content (AvgIpc) is 3.00. The summed E-state index contributed by atoms with van der Waals surface area (Å²) in [5.74, 6) is 0.840. The van der Waals surface area contributed by atoms with Gasteiger partial charge in [0.15, 0.2) is 12.0 Å². The lowest BCUT2D eigenvalue weighted by molar-refractivity contribution is -0.143. The first-order valence-corrected chi connectivity index (χ1v) is 14.1. The Morgan fingerprint density at radius 3 is 2.49 bits per heavy atom. The zero-order chi connectivity index (χ0) is 30.5. The molecular formula is C30H33F2N7O4. The summed E-state index contributed by atoms with van der Waals surface area (Å²) >= 11 is 0. The van der Waals surface area contributed by atoms with Gasteiger partial charge in [0.05, 0.1) is 12.1 Å². The molecule has 0 spiro atoms. The van der Waals surface area contributed by atoms with Crippen molar-refractivity contribution >= 4 is 17.5 Å². The highest BCUT2D eigenvalue weighted by molar-refractivity contribution is 5.80. The van der Waals surface area contributed by atoms with E-state index >= 15 is 0 Å². The molecule has 226 valence electrons. The Bertz CT molecular complexity index is 1470. The molecular weight excluding hydrogens is 560 g/mol. The van der Waals surface area contributed by atoms with Crippen LogP contribution in [0, 0.1) is 11.3 Å². The lowest BCUT2D eigenvalue weighted by Crippen LogP contribution is -2.51. The molecule has 2 aliphatic rings. The molecule has 1 amide bonds. The minimum atomic E-state index is -1.48. The van der Waals surface area contributed by atoms with Gasteiger partial charge < -0.3 is 29.7 Å². The number of amides is 1. The Morgan fingerprint density at radius 1 is 1.07 bits per heavy atom. The molecule has 2 N–H and O–H groups in total. The quantitative estimate of drug-likeness (QED) is 0.400. The van der Waals surface area contributed by atoms with Crippen LogP contribution >= 0.6 is 0 Å². The Hall–Kier alpha value is -4.41. The molecule has 5 rings (SSSR count). The Morgan fingerprint density at radius 2 is 1.79 bits per heavy atom. The summed E-state index contributed by atoms with van der Waals surface area (Å²) in [6.45, 7) is 2.52. The number of carbonyl (C=O) groups excluding carboxylic acids is 1. The number of aromatic nitrogens is 3. The maximum atomic E-state index is 14.8. The average molecular weight is 594 g/mol. The van der Waals surface area contributed by atoms with E-state index in [0.717, 1.165) is 6.54 Å². The molecule has 5 atom stereocenters. The van der Waals surface area contributed by atoms with Crippen molar-refractivity contribution in [1.29, 1.82) is 5.26 Å². The maximum Gasteiger partial charge on any atom is 0.251 e. The van der Waals surface area contributed by atoms with Gasteiger partial charge in [0, 0.05) is 37.3 Å². The van der Waals surface area contributed by atoms with Crippen LogP contribution in [0.15, 0.2) is 48.8 Å². The van der Waals surface area contributed by atoms with Crippen LogP contribution in [0.2, 0.25) is 0 Å². The van der Waals surface area contributed by atoms with Crippen LogP contribution in [0.5, 0.6) is 11.5 Å². The number of aliphatic hydroxyl groups excluding tert-OH is 1. The first-order valence-electron chi connectivity index (χ1n) is 14.1. The smallest absolute Gasteiger partial charge is 0.251 e. The Balaban J connectivity index is 1.22. The van der Waals surface area contributed by atoms with E-state index in [-0.39, 0.29) is 36.8 Å². The molecule has 3 aromatic rings. The summed E-state index contributed by atoms with van der Waals surface area (Å²) in [4.78, 5) is 28.1. The van der Waals surface area contributed by atoms with Crippen molar-refractivity contribution in [2.24, 2.45) is 0 Å². The van der Waals surface area contributed by atoms with E-state index in [4.69, 9.17) is 9.47 Å². The summed E-state index contributed by atoms with van der Waals surface area (Å²) in [6.07, 6.45) is -2.86. The molecule has 1 aromatic heterocycles. The van der Waals surface area contributed by atoms with Gasteiger partial charge in [0.1, 0.15) is 48.4 Å². The van der Waals surface area contributed by atoms with Gasteiger partial charge in [0.2, 0.25) is 5.95 Å². The fourth-order valence-electron chi connectivity index (χ4n) is 5.09. The van der Waals surface area contributed by atoms with E-state index in [1.165, 1.54) is 18.2 Å². The molecule has 0 aliphatic carbocycles. The van der Waals surface area contributed by atoms with Crippen molar-refractivity contribution in [1.82, 2.24) is 24.8 Å². The van der Waals surface area contributed by atoms with Crippen molar-refractivity contribution in [3.05, 3.63) is 54.4 Å². The van der Waals surface area contributed by atoms with Crippen LogP contribution in [0.25, 0.3) is 11.4 Å². The molecule has 0 unspecified atom stereocenters. The number of halogens is 2. The molecule has 0 saturated carbocycles. The summed E-state index contributed by atoms with van der Waals surface area (Å²) < 4.78 is 40.8. The fraction of sp³-hybridized carbons (Fsp3) is 0.433. The maximum absolute atomic E-state index is 14.8. The minimum Gasteiger partial charge on any atom is -0.487 e. The largest absolute Gasteiger partial charge is 0.487 e. The molecule has 2 fully saturated rings. The van der Waals surface area contributed by atoms with Crippen LogP contribution < -0.4 is 14.8 Å². The number of aliphatic hydroxyl groups is 1. The summed E-state index contributed by atoms with van der Waals surface area (Å²) in [5, 5.41) is 22.4. The first kappa shape index (κ1) is 30.1. The number of nitriles is 1. The number of rotatable bonds is 8. The van der Waals surface area contributed by atoms with Gasteiger partial charge in [0.25, 0.3) is 5.91 Å². The van der Waals surface area contributed by atoms with Crippen LogP contribution in [0.1, 0.15) is 25.3 Å². The Kier molecular flexibility index (Phi) is 9.27. The van der Waals surface area contributed by atoms with Crippen molar-refractivity contribution in [3.8, 4) is 29.0 Å². The van der Waals surface area contributed by atoms with Gasteiger partial charge in [-0.3, -0.25) is 4.79 Å². The lowest BCUT2D eigenvalue weighted by Gasteiger charge is -2.35. The van der Waals surface area contributed by atoms with Gasteiger partial charge in [-0.1, -0.05) is 0 Å². The molecule has 2 aliphatic heterocycles.